The van der Waals surface area contributed by atoms with Gasteiger partial charge in [-0.2, -0.15) is 0 Å². The third-order valence-electron chi connectivity index (χ3n) is 4.18. The molecule has 0 radical (unpaired) electrons. The van der Waals surface area contributed by atoms with E-state index in [0.29, 0.717) is 17.5 Å². The minimum atomic E-state index is -0.636. The Kier molecular flexibility index (Phi) is 4.94. The van der Waals surface area contributed by atoms with Crippen molar-refractivity contribution in [1.29, 1.82) is 0 Å². The minimum absolute atomic E-state index is 0.296. The Bertz CT molecular complexity index is 401. The Hall–Kier alpha value is -0.930. The molecule has 0 aliphatic heterocycles. The summed E-state index contributed by atoms with van der Waals surface area (Å²) >= 11 is 0. The molecule has 3 heteroatoms. The lowest BCUT2D eigenvalue weighted by atomic mass is 9.76. The van der Waals surface area contributed by atoms with Gasteiger partial charge in [0, 0.05) is 13.1 Å². The van der Waals surface area contributed by atoms with E-state index in [1.54, 1.807) is 12.1 Å². The molecule has 2 N–H and O–H groups in total. The fourth-order valence-electron chi connectivity index (χ4n) is 2.92. The molecule has 1 aliphatic carbocycles. The zero-order valence-electron chi connectivity index (χ0n) is 11.7. The van der Waals surface area contributed by atoms with Gasteiger partial charge < -0.3 is 10.4 Å². The highest BCUT2D eigenvalue weighted by atomic mass is 19.1. The van der Waals surface area contributed by atoms with E-state index in [-0.39, 0.29) is 5.82 Å². The Balaban J connectivity index is 1.79. The van der Waals surface area contributed by atoms with Gasteiger partial charge in [-0.15, -0.1) is 0 Å². The maximum Gasteiger partial charge on any atom is 0.123 e. The van der Waals surface area contributed by atoms with Crippen molar-refractivity contribution in [3.05, 3.63) is 35.6 Å². The molecule has 19 heavy (non-hydrogen) atoms. The van der Waals surface area contributed by atoms with Crippen LogP contribution in [0.1, 0.15) is 50.7 Å². The number of aliphatic hydroxyl groups excluding tert-OH is 1. The maximum absolute atomic E-state index is 13.1. The van der Waals surface area contributed by atoms with E-state index in [4.69, 9.17) is 0 Å². The first-order valence-electron chi connectivity index (χ1n) is 7.23. The Morgan fingerprint density at radius 1 is 1.32 bits per heavy atom. The zero-order valence-corrected chi connectivity index (χ0v) is 11.7. The Morgan fingerprint density at radius 2 is 2.05 bits per heavy atom. The van der Waals surface area contributed by atoms with E-state index in [9.17, 15) is 9.50 Å². The number of halogens is 1. The molecule has 1 fully saturated rings. The van der Waals surface area contributed by atoms with Crippen molar-refractivity contribution in [3.63, 3.8) is 0 Å². The van der Waals surface area contributed by atoms with Gasteiger partial charge in [0.2, 0.25) is 0 Å². The summed E-state index contributed by atoms with van der Waals surface area (Å²) in [5.41, 5.74) is 1.00. The maximum atomic E-state index is 13.1. The molecule has 0 saturated heterocycles. The lowest BCUT2D eigenvalue weighted by Gasteiger charge is -2.34. The quantitative estimate of drug-likeness (QED) is 0.855. The van der Waals surface area contributed by atoms with E-state index in [2.05, 4.69) is 12.2 Å². The van der Waals surface area contributed by atoms with Gasteiger partial charge >= 0.3 is 0 Å². The van der Waals surface area contributed by atoms with Crippen molar-refractivity contribution in [2.45, 2.75) is 45.1 Å². The van der Waals surface area contributed by atoms with E-state index in [1.165, 1.54) is 44.2 Å². The fourth-order valence-corrected chi connectivity index (χ4v) is 2.92. The van der Waals surface area contributed by atoms with E-state index < -0.39 is 6.10 Å². The summed E-state index contributed by atoms with van der Waals surface area (Å²) in [6.07, 6.45) is 5.85. The van der Waals surface area contributed by atoms with Gasteiger partial charge in [-0.25, -0.2) is 4.39 Å². The van der Waals surface area contributed by atoms with E-state index in [0.717, 1.165) is 6.54 Å². The molecule has 2 nitrogen and oxygen atoms in total. The van der Waals surface area contributed by atoms with Crippen molar-refractivity contribution in [3.8, 4) is 0 Å². The van der Waals surface area contributed by atoms with Crippen LogP contribution >= 0.6 is 0 Å². The monoisotopic (exact) mass is 265 g/mol. The molecule has 0 heterocycles. The number of nitrogens with one attached hydrogen (secondary N) is 1. The SMILES string of the molecule is CC1(CNCC(O)c2cccc(F)c2)CCCCC1. The number of hydrogen-bond donors (Lipinski definition) is 2. The average Bonchev–Trinajstić information content (AvgIpc) is 2.39. The van der Waals surface area contributed by atoms with Gasteiger partial charge in [0.1, 0.15) is 5.82 Å². The number of aliphatic hydroxyl groups is 1. The fraction of sp³-hybridized carbons (Fsp3) is 0.625. The first-order chi connectivity index (χ1) is 9.09. The number of rotatable bonds is 5. The summed E-state index contributed by atoms with van der Waals surface area (Å²) in [4.78, 5) is 0. The second kappa shape index (κ2) is 6.49. The Labute approximate surface area is 115 Å². The van der Waals surface area contributed by atoms with Crippen LogP contribution < -0.4 is 5.32 Å². The average molecular weight is 265 g/mol. The second-order valence-corrected chi connectivity index (χ2v) is 6.07. The van der Waals surface area contributed by atoms with Crippen LogP contribution in [-0.4, -0.2) is 18.2 Å². The lowest BCUT2D eigenvalue weighted by molar-refractivity contribution is 0.155. The predicted molar refractivity (Wildman–Crippen MR) is 75.4 cm³/mol. The molecular formula is C16H24FNO. The van der Waals surface area contributed by atoms with Crippen molar-refractivity contribution in [2.24, 2.45) is 5.41 Å². The van der Waals surface area contributed by atoms with Crippen LogP contribution in [0.3, 0.4) is 0 Å². The predicted octanol–water partition coefficient (Wildman–Crippen LogP) is 3.42. The van der Waals surface area contributed by atoms with Gasteiger partial charge in [-0.05, 0) is 36.0 Å². The van der Waals surface area contributed by atoms with Crippen LogP contribution in [0.2, 0.25) is 0 Å². The van der Waals surface area contributed by atoms with Crippen LogP contribution in [0.5, 0.6) is 0 Å². The molecule has 1 aromatic rings. The molecule has 1 unspecified atom stereocenters. The zero-order chi connectivity index (χ0) is 13.7. The topological polar surface area (TPSA) is 32.3 Å². The normalized spacial score (nSPS) is 20.2. The van der Waals surface area contributed by atoms with Crippen LogP contribution in [0.4, 0.5) is 4.39 Å². The van der Waals surface area contributed by atoms with Crippen LogP contribution in [0, 0.1) is 11.2 Å². The van der Waals surface area contributed by atoms with Gasteiger partial charge in [0.15, 0.2) is 0 Å². The van der Waals surface area contributed by atoms with Gasteiger partial charge in [0.05, 0.1) is 6.10 Å². The second-order valence-electron chi connectivity index (χ2n) is 6.07. The standard InChI is InChI=1S/C16H24FNO/c1-16(8-3-2-4-9-16)12-18-11-15(19)13-6-5-7-14(17)10-13/h5-7,10,15,18-19H,2-4,8-9,11-12H2,1H3. The summed E-state index contributed by atoms with van der Waals surface area (Å²) in [5, 5.41) is 13.4. The molecule has 1 aromatic carbocycles. The Morgan fingerprint density at radius 3 is 2.74 bits per heavy atom. The number of benzene rings is 1. The highest BCUT2D eigenvalue weighted by Gasteiger charge is 2.26. The summed E-state index contributed by atoms with van der Waals surface area (Å²) < 4.78 is 13.1. The third kappa shape index (κ3) is 4.29. The molecule has 1 atom stereocenters. The smallest absolute Gasteiger partial charge is 0.123 e. The van der Waals surface area contributed by atoms with E-state index in [1.807, 2.05) is 0 Å². The van der Waals surface area contributed by atoms with Crippen molar-refractivity contribution in [1.82, 2.24) is 5.32 Å². The highest BCUT2D eigenvalue weighted by molar-refractivity contribution is 5.18. The molecule has 0 amide bonds. The summed E-state index contributed by atoms with van der Waals surface area (Å²) in [5.74, 6) is -0.296. The van der Waals surface area contributed by atoms with Crippen LogP contribution in [0.15, 0.2) is 24.3 Å². The van der Waals surface area contributed by atoms with Crippen molar-refractivity contribution < 1.29 is 9.50 Å². The van der Waals surface area contributed by atoms with Gasteiger partial charge in [-0.3, -0.25) is 0 Å². The third-order valence-corrected chi connectivity index (χ3v) is 4.18. The lowest BCUT2D eigenvalue weighted by Crippen LogP contribution is -2.35. The molecule has 0 aromatic heterocycles. The minimum Gasteiger partial charge on any atom is -0.387 e. The summed E-state index contributed by atoms with van der Waals surface area (Å²) in [6, 6.07) is 6.19. The van der Waals surface area contributed by atoms with Gasteiger partial charge in [0.25, 0.3) is 0 Å². The largest absolute Gasteiger partial charge is 0.387 e. The molecule has 0 bridgehead atoms. The van der Waals surface area contributed by atoms with Crippen molar-refractivity contribution in [2.75, 3.05) is 13.1 Å². The highest BCUT2D eigenvalue weighted by Crippen LogP contribution is 2.34. The number of hydrogen-bond acceptors (Lipinski definition) is 2. The molecule has 0 spiro atoms. The molecule has 1 saturated carbocycles. The first kappa shape index (κ1) is 14.5. The molecule has 1 aliphatic rings. The molecule has 106 valence electrons. The van der Waals surface area contributed by atoms with E-state index >= 15 is 0 Å². The molecular weight excluding hydrogens is 241 g/mol. The molecule has 2 rings (SSSR count). The van der Waals surface area contributed by atoms with Crippen LogP contribution in [0.25, 0.3) is 0 Å². The summed E-state index contributed by atoms with van der Waals surface area (Å²) in [7, 11) is 0. The first-order valence-corrected chi connectivity index (χ1v) is 7.23. The van der Waals surface area contributed by atoms with Crippen LogP contribution in [-0.2, 0) is 0 Å². The summed E-state index contributed by atoms with van der Waals surface area (Å²) in [6.45, 7) is 3.73. The van der Waals surface area contributed by atoms with Gasteiger partial charge in [-0.1, -0.05) is 38.3 Å². The van der Waals surface area contributed by atoms with Crippen molar-refractivity contribution >= 4 is 0 Å².